The number of rotatable bonds is 11. The molecule has 0 amide bonds. The molecule has 0 unspecified atom stereocenters. The minimum Gasteiger partial charge on any atom is -0.481 e. The fourth-order valence-electron chi connectivity index (χ4n) is 7.79. The number of carboxylic acids is 1. The molecule has 0 bridgehead atoms. The van der Waals surface area contributed by atoms with Crippen LogP contribution in [-0.2, 0) is 9.59 Å². The molecule has 2 aliphatic rings. The molecule has 6 atom stereocenters. The minimum absolute atomic E-state index is 0.0949. The fraction of sp³-hybridized carbons (Fsp3) is 0.758. The topological polar surface area (TPSA) is 74.6 Å². The van der Waals surface area contributed by atoms with E-state index in [2.05, 4.69) is 88.0 Å². The van der Waals surface area contributed by atoms with Gasteiger partial charge in [-0.3, -0.25) is 9.59 Å². The highest BCUT2D eigenvalue weighted by molar-refractivity contribution is 5.84. The molecule has 4 heteroatoms. The van der Waals surface area contributed by atoms with E-state index in [1.807, 2.05) is 6.92 Å². The molecule has 0 aromatic carbocycles. The van der Waals surface area contributed by atoms with Crippen LogP contribution in [0.3, 0.4) is 0 Å². The van der Waals surface area contributed by atoms with Crippen molar-refractivity contribution in [2.24, 2.45) is 45.3 Å². The number of fused-ring (bicyclic) bond motifs is 1. The Morgan fingerprint density at radius 1 is 1.19 bits per heavy atom. The van der Waals surface area contributed by atoms with Gasteiger partial charge in [0.15, 0.2) is 0 Å². The van der Waals surface area contributed by atoms with E-state index in [9.17, 15) is 19.8 Å². The zero-order valence-corrected chi connectivity index (χ0v) is 25.5. The van der Waals surface area contributed by atoms with Gasteiger partial charge in [-0.05, 0) is 66.4 Å². The summed E-state index contributed by atoms with van der Waals surface area (Å²) in [6.45, 7) is 27.5. The lowest BCUT2D eigenvalue weighted by molar-refractivity contribution is -0.148. The van der Waals surface area contributed by atoms with Crippen molar-refractivity contribution < 1.29 is 19.8 Å². The third-order valence-electron chi connectivity index (χ3n) is 11.2. The second-order valence-corrected chi connectivity index (χ2v) is 13.8. The number of hydrogen-bond donors (Lipinski definition) is 2. The highest BCUT2D eigenvalue weighted by Gasteiger charge is 2.64. The van der Waals surface area contributed by atoms with Gasteiger partial charge in [-0.2, -0.15) is 0 Å². The molecule has 2 aliphatic carbocycles. The molecule has 0 saturated heterocycles. The maximum absolute atomic E-state index is 12.9. The monoisotopic (exact) mass is 514 g/mol. The Labute approximate surface area is 226 Å². The molecule has 0 aromatic heterocycles. The van der Waals surface area contributed by atoms with Crippen LogP contribution in [0.2, 0.25) is 0 Å². The molecule has 2 rings (SSSR count). The van der Waals surface area contributed by atoms with Crippen molar-refractivity contribution in [1.82, 2.24) is 0 Å². The van der Waals surface area contributed by atoms with Gasteiger partial charge in [-0.25, -0.2) is 0 Å². The van der Waals surface area contributed by atoms with Crippen LogP contribution in [0.4, 0.5) is 0 Å². The Balaban J connectivity index is 2.57. The van der Waals surface area contributed by atoms with Crippen LogP contribution < -0.4 is 0 Å². The molecule has 0 radical (unpaired) electrons. The van der Waals surface area contributed by atoms with E-state index in [-0.39, 0.29) is 28.4 Å². The van der Waals surface area contributed by atoms with Crippen LogP contribution in [0, 0.1) is 45.3 Å². The van der Waals surface area contributed by atoms with Gasteiger partial charge in [0.05, 0.1) is 12.0 Å². The normalized spacial score (nSPS) is 31.2. The molecular weight excluding hydrogens is 460 g/mol. The molecule has 37 heavy (non-hydrogen) atoms. The average molecular weight is 515 g/mol. The zero-order valence-electron chi connectivity index (χ0n) is 25.5. The summed E-state index contributed by atoms with van der Waals surface area (Å²) < 4.78 is 0. The molecule has 4 nitrogen and oxygen atoms in total. The number of allylic oxidation sites excluding steroid dienone is 5. The van der Waals surface area contributed by atoms with E-state index in [0.717, 1.165) is 5.57 Å². The standard InChI is InChI=1S/C33H54O4/c1-13-24-25(30(7,8)22(6)31(9,10)27(35)14-2)17-18-32(11)28(26(34)19-33(24,32)12)23(29(36)37)16-15-21(5)20(3)4/h13,17,20,22-23,26,28,34H,5,14-16,18-19H2,1-4,6-12H3,(H,36,37)/b24-13+/t22-,23-,26-,28+,32-,33+/m1/s1. The van der Waals surface area contributed by atoms with Crippen molar-refractivity contribution in [2.45, 2.75) is 114 Å². The minimum atomic E-state index is -0.823. The third-order valence-corrected chi connectivity index (χ3v) is 11.2. The van der Waals surface area contributed by atoms with Crippen molar-refractivity contribution in [3.05, 3.63) is 35.5 Å². The highest BCUT2D eigenvalue weighted by atomic mass is 16.4. The maximum Gasteiger partial charge on any atom is 0.306 e. The summed E-state index contributed by atoms with van der Waals surface area (Å²) in [6, 6.07) is 0. The number of Topliss-reactive ketones (excluding diaryl/α,β-unsaturated/α-hetero) is 1. The molecular formula is C33H54O4. The largest absolute Gasteiger partial charge is 0.481 e. The third kappa shape index (κ3) is 5.16. The second kappa shape index (κ2) is 10.8. The molecule has 210 valence electrons. The number of hydrogen-bond acceptors (Lipinski definition) is 3. The summed E-state index contributed by atoms with van der Waals surface area (Å²) in [5.74, 6) is -1.12. The smallest absolute Gasteiger partial charge is 0.306 e. The summed E-state index contributed by atoms with van der Waals surface area (Å²) >= 11 is 0. The molecule has 2 N–H and O–H groups in total. The van der Waals surface area contributed by atoms with Crippen LogP contribution in [0.25, 0.3) is 0 Å². The fourth-order valence-corrected chi connectivity index (χ4v) is 7.79. The number of aliphatic carboxylic acids is 1. The summed E-state index contributed by atoms with van der Waals surface area (Å²) in [7, 11) is 0. The molecule has 0 aliphatic heterocycles. The van der Waals surface area contributed by atoms with E-state index in [1.165, 1.54) is 11.1 Å². The van der Waals surface area contributed by atoms with Gasteiger partial charge in [-0.15, -0.1) is 0 Å². The lowest BCUT2D eigenvalue weighted by Gasteiger charge is -2.54. The maximum atomic E-state index is 12.9. The molecule has 0 aromatic rings. The van der Waals surface area contributed by atoms with E-state index in [4.69, 9.17) is 0 Å². The molecule has 1 saturated carbocycles. The average Bonchev–Trinajstić information content (AvgIpc) is 3.01. The van der Waals surface area contributed by atoms with Gasteiger partial charge >= 0.3 is 5.97 Å². The second-order valence-electron chi connectivity index (χ2n) is 13.8. The van der Waals surface area contributed by atoms with E-state index < -0.39 is 28.8 Å². The van der Waals surface area contributed by atoms with E-state index in [1.54, 1.807) is 0 Å². The number of carbonyl (C=O) groups is 2. The van der Waals surface area contributed by atoms with E-state index in [0.29, 0.717) is 38.0 Å². The highest BCUT2D eigenvalue weighted by Crippen LogP contribution is 2.69. The molecule has 1 fully saturated rings. The number of aliphatic hydroxyl groups is 1. The SMILES string of the molecule is C=C(CC[C@@H](C(=O)O)[C@H]1[C@H](O)C[C@@]2(C)/C(=C/C)C(C(C)(C)[C@@H](C)C(C)(C)C(=O)CC)=CC[C@]12C)C(C)C. The van der Waals surface area contributed by atoms with Crippen molar-refractivity contribution in [2.75, 3.05) is 0 Å². The van der Waals surface area contributed by atoms with Crippen LogP contribution in [0.1, 0.15) is 108 Å². The Kier molecular flexibility index (Phi) is 9.23. The predicted octanol–water partition coefficient (Wildman–Crippen LogP) is 8.02. The van der Waals surface area contributed by atoms with Gasteiger partial charge in [0.25, 0.3) is 0 Å². The van der Waals surface area contributed by atoms with Gasteiger partial charge in [0.1, 0.15) is 5.78 Å². The van der Waals surface area contributed by atoms with Gasteiger partial charge in [0.2, 0.25) is 0 Å². The Morgan fingerprint density at radius 3 is 2.22 bits per heavy atom. The predicted molar refractivity (Wildman–Crippen MR) is 153 cm³/mol. The van der Waals surface area contributed by atoms with Crippen LogP contribution >= 0.6 is 0 Å². The van der Waals surface area contributed by atoms with E-state index >= 15 is 0 Å². The number of aliphatic hydroxyl groups excluding tert-OH is 1. The zero-order chi connectivity index (χ0) is 28.7. The first-order valence-electron chi connectivity index (χ1n) is 14.3. The lowest BCUT2D eigenvalue weighted by Crippen LogP contribution is -2.48. The Hall–Kier alpha value is -1.68. The quantitative estimate of drug-likeness (QED) is 0.274. The van der Waals surface area contributed by atoms with Crippen molar-refractivity contribution in [3.63, 3.8) is 0 Å². The van der Waals surface area contributed by atoms with Crippen LogP contribution in [0.5, 0.6) is 0 Å². The van der Waals surface area contributed by atoms with Crippen molar-refractivity contribution in [1.29, 1.82) is 0 Å². The summed E-state index contributed by atoms with van der Waals surface area (Å²) in [5.41, 5.74) is 2.01. The Bertz CT molecular complexity index is 965. The lowest BCUT2D eigenvalue weighted by atomic mass is 9.49. The summed E-state index contributed by atoms with van der Waals surface area (Å²) in [6.07, 6.45) is 6.73. The summed E-state index contributed by atoms with van der Waals surface area (Å²) in [5, 5.41) is 21.8. The Morgan fingerprint density at radius 2 is 1.76 bits per heavy atom. The first-order chi connectivity index (χ1) is 16.8. The van der Waals surface area contributed by atoms with Gasteiger partial charge in [0, 0.05) is 23.2 Å². The summed E-state index contributed by atoms with van der Waals surface area (Å²) in [4.78, 5) is 25.5. The number of carbonyl (C=O) groups excluding carboxylic acids is 1. The number of ketones is 1. The van der Waals surface area contributed by atoms with Gasteiger partial charge < -0.3 is 10.2 Å². The first-order valence-corrected chi connectivity index (χ1v) is 14.3. The van der Waals surface area contributed by atoms with Gasteiger partial charge in [-0.1, -0.05) is 93.5 Å². The van der Waals surface area contributed by atoms with Crippen LogP contribution in [0.15, 0.2) is 35.5 Å². The van der Waals surface area contributed by atoms with Crippen molar-refractivity contribution >= 4 is 11.8 Å². The first kappa shape index (κ1) is 31.5. The number of carboxylic acid groups (broad SMARTS) is 1. The molecule has 0 heterocycles. The molecule has 0 spiro atoms. The van der Waals surface area contributed by atoms with Crippen LogP contribution in [-0.4, -0.2) is 28.1 Å². The van der Waals surface area contributed by atoms with Crippen molar-refractivity contribution in [3.8, 4) is 0 Å².